The lowest BCUT2D eigenvalue weighted by Crippen LogP contribution is -2.30. The third-order valence-corrected chi connectivity index (χ3v) is 4.04. The lowest BCUT2D eigenvalue weighted by Gasteiger charge is -2.15. The minimum atomic E-state index is -0.475. The lowest BCUT2D eigenvalue weighted by molar-refractivity contribution is -0.117. The van der Waals surface area contributed by atoms with Crippen LogP contribution in [0.25, 0.3) is 6.08 Å². The van der Waals surface area contributed by atoms with Crippen LogP contribution in [0.3, 0.4) is 0 Å². The number of amides is 1. The van der Waals surface area contributed by atoms with Crippen molar-refractivity contribution in [3.8, 4) is 17.6 Å². The second-order valence-corrected chi connectivity index (χ2v) is 6.85. The number of carbonyl (C=O) groups excluding carboxylic acids is 1. The molecule has 7 heteroatoms. The first kappa shape index (κ1) is 22.3. The summed E-state index contributed by atoms with van der Waals surface area (Å²) in [7, 11) is 0. The average Bonchev–Trinajstić information content (AvgIpc) is 2.66. The molecule has 0 aliphatic heterocycles. The molecule has 2 aromatic carbocycles. The van der Waals surface area contributed by atoms with Crippen LogP contribution in [0.5, 0.6) is 11.5 Å². The lowest BCUT2D eigenvalue weighted by atomic mass is 10.1. The molecule has 0 fully saturated rings. The molecule has 1 amide bonds. The van der Waals surface area contributed by atoms with Crippen molar-refractivity contribution < 1.29 is 18.7 Å². The number of nitrogens with zero attached hydrogens (tertiary/aromatic N) is 1. The second-order valence-electron chi connectivity index (χ2n) is 6.44. The van der Waals surface area contributed by atoms with Crippen LogP contribution in [0, 0.1) is 17.1 Å². The minimum Gasteiger partial charge on any atom is -0.490 e. The van der Waals surface area contributed by atoms with E-state index in [0.29, 0.717) is 23.5 Å². The fraction of sp³-hybridized carbons (Fsp3) is 0.273. The van der Waals surface area contributed by atoms with Crippen LogP contribution in [0.2, 0.25) is 5.02 Å². The summed E-state index contributed by atoms with van der Waals surface area (Å²) in [6.45, 7) is 5.73. The van der Waals surface area contributed by atoms with Crippen molar-refractivity contribution in [1.82, 2.24) is 5.32 Å². The van der Waals surface area contributed by atoms with Crippen LogP contribution < -0.4 is 14.8 Å². The van der Waals surface area contributed by atoms with Gasteiger partial charge in [-0.1, -0.05) is 29.8 Å². The molecule has 0 heterocycles. The highest BCUT2D eigenvalue weighted by molar-refractivity contribution is 6.32. The quantitative estimate of drug-likeness (QED) is 0.491. The van der Waals surface area contributed by atoms with Gasteiger partial charge in [-0.2, -0.15) is 5.26 Å². The topological polar surface area (TPSA) is 71.3 Å². The van der Waals surface area contributed by atoms with Crippen molar-refractivity contribution >= 4 is 23.6 Å². The van der Waals surface area contributed by atoms with E-state index < -0.39 is 5.91 Å². The Bertz CT molecular complexity index is 952. The predicted molar refractivity (Wildman–Crippen MR) is 110 cm³/mol. The van der Waals surface area contributed by atoms with E-state index in [4.69, 9.17) is 21.1 Å². The number of carbonyl (C=O) groups is 1. The zero-order valence-corrected chi connectivity index (χ0v) is 17.2. The normalized spacial score (nSPS) is 11.1. The molecule has 0 unspecified atom stereocenters. The van der Waals surface area contributed by atoms with Crippen LogP contribution in [0.4, 0.5) is 4.39 Å². The van der Waals surface area contributed by atoms with E-state index in [1.807, 2.05) is 6.07 Å². The van der Waals surface area contributed by atoms with E-state index in [0.717, 1.165) is 0 Å². The van der Waals surface area contributed by atoms with Gasteiger partial charge in [0.05, 0.1) is 11.6 Å². The van der Waals surface area contributed by atoms with Gasteiger partial charge < -0.3 is 14.8 Å². The molecule has 0 atom stereocenters. The molecule has 0 spiro atoms. The van der Waals surface area contributed by atoms with Crippen molar-refractivity contribution in [2.75, 3.05) is 6.61 Å². The van der Waals surface area contributed by atoms with Crippen LogP contribution in [0.1, 0.15) is 31.9 Å². The summed E-state index contributed by atoms with van der Waals surface area (Å²) < 4.78 is 25.1. The number of halogens is 2. The summed E-state index contributed by atoms with van der Waals surface area (Å²) in [5, 5.41) is 12.2. The van der Waals surface area contributed by atoms with Crippen molar-refractivity contribution in [1.29, 1.82) is 5.26 Å². The molecule has 152 valence electrons. The van der Waals surface area contributed by atoms with Crippen LogP contribution in [0.15, 0.2) is 42.0 Å². The summed E-state index contributed by atoms with van der Waals surface area (Å²) in [5.74, 6) is -0.254. The smallest absolute Gasteiger partial charge is 0.262 e. The zero-order chi connectivity index (χ0) is 21.4. The molecule has 0 aromatic heterocycles. The van der Waals surface area contributed by atoms with Gasteiger partial charge in [0.2, 0.25) is 0 Å². The number of hydrogen-bond acceptors (Lipinski definition) is 4. The number of ether oxygens (including phenoxy) is 2. The monoisotopic (exact) mass is 416 g/mol. The second kappa shape index (κ2) is 10.5. The standard InChI is InChI=1S/C22H22ClFN2O3/c1-4-28-20-11-15(9-17(12-25)22(27)26-14(2)3)10-18(23)21(20)29-13-16-7-5-6-8-19(16)24/h5-11,14H,4,13H2,1-3H3,(H,26,27)/b17-9-. The van der Waals surface area contributed by atoms with Gasteiger partial charge in [-0.15, -0.1) is 0 Å². The SMILES string of the molecule is CCOc1cc(/C=C(/C#N)C(=O)NC(C)C)cc(Cl)c1OCc1ccccc1F. The third-order valence-electron chi connectivity index (χ3n) is 3.76. The molecule has 0 radical (unpaired) electrons. The summed E-state index contributed by atoms with van der Waals surface area (Å²) in [6.07, 6.45) is 1.42. The number of nitriles is 1. The average molecular weight is 417 g/mol. The van der Waals surface area contributed by atoms with Gasteiger partial charge in [-0.05, 0) is 50.6 Å². The Balaban J connectivity index is 2.34. The Kier molecular flexibility index (Phi) is 8.05. The van der Waals surface area contributed by atoms with Gasteiger partial charge in [0.25, 0.3) is 5.91 Å². The molecule has 2 aromatic rings. The fourth-order valence-electron chi connectivity index (χ4n) is 2.49. The van der Waals surface area contributed by atoms with Crippen molar-refractivity contribution in [3.05, 3.63) is 63.9 Å². The number of benzene rings is 2. The maximum Gasteiger partial charge on any atom is 0.262 e. The third kappa shape index (κ3) is 6.23. The van der Waals surface area contributed by atoms with Gasteiger partial charge in [0.1, 0.15) is 24.1 Å². The molecule has 1 N–H and O–H groups in total. The zero-order valence-electron chi connectivity index (χ0n) is 16.5. The van der Waals surface area contributed by atoms with Crippen LogP contribution in [-0.4, -0.2) is 18.6 Å². The van der Waals surface area contributed by atoms with Gasteiger partial charge in [-0.25, -0.2) is 4.39 Å². The van der Waals surface area contributed by atoms with E-state index in [9.17, 15) is 14.4 Å². The van der Waals surface area contributed by atoms with E-state index >= 15 is 0 Å². The molecular formula is C22H22ClFN2O3. The Morgan fingerprint density at radius 3 is 2.66 bits per heavy atom. The molecule has 0 aliphatic carbocycles. The molecule has 0 aliphatic rings. The highest BCUT2D eigenvalue weighted by Crippen LogP contribution is 2.38. The highest BCUT2D eigenvalue weighted by Gasteiger charge is 2.15. The first-order chi connectivity index (χ1) is 13.8. The Morgan fingerprint density at radius 1 is 1.31 bits per heavy atom. The van der Waals surface area contributed by atoms with Gasteiger partial charge in [0, 0.05) is 11.6 Å². The molecule has 0 saturated heterocycles. The van der Waals surface area contributed by atoms with Crippen molar-refractivity contribution in [2.24, 2.45) is 0 Å². The van der Waals surface area contributed by atoms with Crippen molar-refractivity contribution in [2.45, 2.75) is 33.4 Å². The highest BCUT2D eigenvalue weighted by atomic mass is 35.5. The van der Waals surface area contributed by atoms with Gasteiger partial charge in [0.15, 0.2) is 11.5 Å². The Hall–Kier alpha value is -3.04. The number of nitrogens with one attached hydrogen (secondary N) is 1. The Morgan fingerprint density at radius 2 is 2.03 bits per heavy atom. The first-order valence-electron chi connectivity index (χ1n) is 9.10. The van der Waals surface area contributed by atoms with Crippen LogP contribution >= 0.6 is 11.6 Å². The summed E-state index contributed by atoms with van der Waals surface area (Å²) in [5.41, 5.74) is 0.830. The molecule has 5 nitrogen and oxygen atoms in total. The van der Waals surface area contributed by atoms with E-state index in [-0.39, 0.29) is 34.8 Å². The predicted octanol–water partition coefficient (Wildman–Crippen LogP) is 4.89. The largest absolute Gasteiger partial charge is 0.490 e. The molecule has 0 bridgehead atoms. The summed E-state index contributed by atoms with van der Waals surface area (Å²) in [6, 6.07) is 11.2. The Labute approximate surface area is 174 Å². The maximum absolute atomic E-state index is 13.8. The van der Waals surface area contributed by atoms with Crippen LogP contribution in [-0.2, 0) is 11.4 Å². The van der Waals surface area contributed by atoms with Gasteiger partial charge in [-0.3, -0.25) is 4.79 Å². The van der Waals surface area contributed by atoms with E-state index in [1.165, 1.54) is 12.1 Å². The number of hydrogen-bond donors (Lipinski definition) is 1. The fourth-order valence-corrected chi connectivity index (χ4v) is 2.77. The summed E-state index contributed by atoms with van der Waals surface area (Å²) >= 11 is 6.36. The molecule has 0 saturated carbocycles. The first-order valence-corrected chi connectivity index (χ1v) is 9.48. The molecular weight excluding hydrogens is 395 g/mol. The van der Waals surface area contributed by atoms with E-state index in [1.54, 1.807) is 51.1 Å². The van der Waals surface area contributed by atoms with E-state index in [2.05, 4.69) is 5.32 Å². The minimum absolute atomic E-state index is 0.0259. The molecule has 29 heavy (non-hydrogen) atoms. The molecule has 2 rings (SSSR count). The van der Waals surface area contributed by atoms with Gasteiger partial charge >= 0.3 is 0 Å². The maximum atomic E-state index is 13.8. The number of rotatable bonds is 8. The summed E-state index contributed by atoms with van der Waals surface area (Å²) in [4.78, 5) is 12.1. The van der Waals surface area contributed by atoms with Crippen molar-refractivity contribution in [3.63, 3.8) is 0 Å².